The van der Waals surface area contributed by atoms with Crippen molar-refractivity contribution in [1.82, 2.24) is 9.80 Å². The molecule has 1 aliphatic carbocycles. The molecule has 0 atom stereocenters. The van der Waals surface area contributed by atoms with Crippen molar-refractivity contribution in [2.24, 2.45) is 0 Å². The van der Waals surface area contributed by atoms with Gasteiger partial charge in [0.1, 0.15) is 19.8 Å². The van der Waals surface area contributed by atoms with E-state index >= 15 is 0 Å². The lowest BCUT2D eigenvalue weighted by Crippen LogP contribution is -2.31. The minimum absolute atomic E-state index is 0.792. The van der Waals surface area contributed by atoms with E-state index in [4.69, 9.17) is 4.74 Å². The van der Waals surface area contributed by atoms with Crippen molar-refractivity contribution < 1.29 is 9.31 Å². The normalized spacial score (nSPS) is 20.4. The van der Waals surface area contributed by atoms with Crippen molar-refractivity contribution in [3.63, 3.8) is 0 Å². The van der Waals surface area contributed by atoms with Gasteiger partial charge in [0.25, 0.3) is 0 Å². The molecular weight excluding hydrogens is 394 g/mol. The van der Waals surface area contributed by atoms with Gasteiger partial charge in [0, 0.05) is 43.0 Å². The maximum absolute atomic E-state index is 6.21. The molecule has 32 heavy (non-hydrogen) atoms. The fourth-order valence-corrected chi connectivity index (χ4v) is 5.28. The summed E-state index contributed by atoms with van der Waals surface area (Å²) in [7, 11) is 4.18. The summed E-state index contributed by atoms with van der Waals surface area (Å²) in [6.45, 7) is 6.56. The molecule has 4 nitrogen and oxygen atoms in total. The Hall–Kier alpha value is -2.59. The first-order valence-electron chi connectivity index (χ1n) is 12.3. The fourth-order valence-electron chi connectivity index (χ4n) is 5.28. The maximum Gasteiger partial charge on any atom is 0.199 e. The molecule has 1 aromatic rings. The van der Waals surface area contributed by atoms with Crippen LogP contribution >= 0.6 is 0 Å². The van der Waals surface area contributed by atoms with Crippen LogP contribution in [0.4, 0.5) is 0 Å². The van der Waals surface area contributed by atoms with E-state index in [1.807, 2.05) is 0 Å². The van der Waals surface area contributed by atoms with Crippen LogP contribution < -0.4 is 4.74 Å². The van der Waals surface area contributed by atoms with E-state index in [1.165, 1.54) is 66.0 Å². The maximum atomic E-state index is 6.21. The summed E-state index contributed by atoms with van der Waals surface area (Å²) in [6, 6.07) is 6.72. The SMILES string of the molecule is C[N+](C)=C1C=CC(=C2CN3CCC=C3c3cc(OCCCN4CCCCC4)ccc32)C=C1. The number of piperidine rings is 1. The largest absolute Gasteiger partial charge is 0.494 e. The molecule has 1 saturated heterocycles. The molecule has 4 heteroatoms. The molecule has 4 aliphatic rings. The van der Waals surface area contributed by atoms with Crippen LogP contribution in [0.5, 0.6) is 5.75 Å². The van der Waals surface area contributed by atoms with Crippen LogP contribution in [0.2, 0.25) is 0 Å². The number of nitrogens with zero attached hydrogens (tertiary/aromatic N) is 3. The second-order valence-electron chi connectivity index (χ2n) is 9.53. The minimum atomic E-state index is 0.792. The Kier molecular flexibility index (Phi) is 6.31. The summed E-state index contributed by atoms with van der Waals surface area (Å²) in [5.41, 5.74) is 8.04. The zero-order chi connectivity index (χ0) is 21.9. The average molecular weight is 431 g/mol. The van der Waals surface area contributed by atoms with E-state index in [-0.39, 0.29) is 0 Å². The molecule has 0 amide bonds. The Bertz CT molecular complexity index is 999. The topological polar surface area (TPSA) is 18.7 Å². The third-order valence-corrected chi connectivity index (χ3v) is 7.09. The van der Waals surface area contributed by atoms with Gasteiger partial charge in [-0.25, -0.2) is 4.58 Å². The van der Waals surface area contributed by atoms with E-state index in [0.29, 0.717) is 0 Å². The first-order valence-corrected chi connectivity index (χ1v) is 12.3. The molecule has 0 saturated carbocycles. The van der Waals surface area contributed by atoms with Gasteiger partial charge in [-0.2, -0.15) is 0 Å². The van der Waals surface area contributed by atoms with Gasteiger partial charge in [0.2, 0.25) is 0 Å². The molecule has 5 rings (SSSR count). The van der Waals surface area contributed by atoms with E-state index < -0.39 is 0 Å². The number of likely N-dealkylation sites (tertiary alicyclic amines) is 1. The molecule has 168 valence electrons. The molecule has 0 N–H and O–H groups in total. The number of ether oxygens (including phenoxy) is 1. The number of hydrogen-bond donors (Lipinski definition) is 0. The van der Waals surface area contributed by atoms with Crippen LogP contribution in [-0.4, -0.2) is 73.5 Å². The van der Waals surface area contributed by atoms with Crippen LogP contribution in [0.1, 0.15) is 43.2 Å². The van der Waals surface area contributed by atoms with Crippen molar-refractivity contribution in [1.29, 1.82) is 0 Å². The van der Waals surface area contributed by atoms with E-state index in [0.717, 1.165) is 44.8 Å². The number of rotatable bonds is 5. The fraction of sp³-hybridized carbons (Fsp3) is 0.464. The summed E-state index contributed by atoms with van der Waals surface area (Å²) in [5.74, 6) is 0.999. The highest BCUT2D eigenvalue weighted by Gasteiger charge is 2.28. The summed E-state index contributed by atoms with van der Waals surface area (Å²) >= 11 is 0. The number of hydrogen-bond acceptors (Lipinski definition) is 3. The average Bonchev–Trinajstić information content (AvgIpc) is 3.31. The van der Waals surface area contributed by atoms with E-state index in [9.17, 15) is 0 Å². The van der Waals surface area contributed by atoms with Gasteiger partial charge in [-0.15, -0.1) is 0 Å². The Morgan fingerprint density at radius 2 is 1.75 bits per heavy atom. The lowest BCUT2D eigenvalue weighted by atomic mass is 9.88. The van der Waals surface area contributed by atoms with Gasteiger partial charge in [0.15, 0.2) is 5.71 Å². The van der Waals surface area contributed by atoms with Gasteiger partial charge in [-0.1, -0.05) is 18.6 Å². The van der Waals surface area contributed by atoms with Crippen LogP contribution in [0.3, 0.4) is 0 Å². The van der Waals surface area contributed by atoms with Crippen LogP contribution in [-0.2, 0) is 0 Å². The zero-order valence-electron chi connectivity index (χ0n) is 19.6. The standard InChI is InChI=1S/C28H36N3O/c1-29(2)23-11-9-22(10-12-23)27-21-31-18-6-8-28(31)26-20-24(13-14-25(26)27)32-19-7-17-30-15-4-3-5-16-30/h8-14,20H,3-7,15-19,21H2,1-2H3/q+1. The van der Waals surface area contributed by atoms with Gasteiger partial charge < -0.3 is 14.5 Å². The lowest BCUT2D eigenvalue weighted by Gasteiger charge is -2.33. The van der Waals surface area contributed by atoms with Crippen LogP contribution in [0.25, 0.3) is 11.3 Å². The first kappa shape index (κ1) is 21.3. The molecule has 3 aliphatic heterocycles. The van der Waals surface area contributed by atoms with Crippen molar-refractivity contribution in [2.75, 3.05) is 53.4 Å². The monoisotopic (exact) mass is 430 g/mol. The first-order chi connectivity index (χ1) is 15.7. The molecule has 0 spiro atoms. The molecule has 0 unspecified atom stereocenters. The van der Waals surface area contributed by atoms with Gasteiger partial charge in [0.05, 0.1) is 6.61 Å². The summed E-state index contributed by atoms with van der Waals surface area (Å²) in [5, 5.41) is 0. The second-order valence-corrected chi connectivity index (χ2v) is 9.53. The molecule has 3 heterocycles. The van der Waals surface area contributed by atoms with Crippen molar-refractivity contribution in [2.45, 2.75) is 32.1 Å². The third kappa shape index (κ3) is 4.47. The predicted molar refractivity (Wildman–Crippen MR) is 133 cm³/mol. The van der Waals surface area contributed by atoms with Gasteiger partial charge in [-0.3, -0.25) is 0 Å². The Balaban J connectivity index is 1.34. The van der Waals surface area contributed by atoms with Gasteiger partial charge in [-0.05, 0) is 79.8 Å². The summed E-state index contributed by atoms with van der Waals surface area (Å²) < 4.78 is 8.36. The van der Waals surface area contributed by atoms with Crippen molar-refractivity contribution in [3.05, 3.63) is 65.3 Å². The van der Waals surface area contributed by atoms with Gasteiger partial charge >= 0.3 is 0 Å². The molecular formula is C28H36N3O+. The Morgan fingerprint density at radius 1 is 0.938 bits per heavy atom. The lowest BCUT2D eigenvalue weighted by molar-refractivity contribution is -0.462. The number of benzene rings is 1. The van der Waals surface area contributed by atoms with Crippen LogP contribution in [0, 0.1) is 0 Å². The quantitative estimate of drug-likeness (QED) is 0.503. The molecule has 1 aromatic carbocycles. The number of fused-ring (bicyclic) bond motifs is 3. The highest BCUT2D eigenvalue weighted by molar-refractivity contribution is 6.03. The smallest absolute Gasteiger partial charge is 0.199 e. The number of allylic oxidation sites excluding steroid dienone is 5. The molecule has 1 fully saturated rings. The highest BCUT2D eigenvalue weighted by atomic mass is 16.5. The van der Waals surface area contributed by atoms with Crippen LogP contribution in [0.15, 0.2) is 54.2 Å². The molecule has 0 bridgehead atoms. The zero-order valence-corrected chi connectivity index (χ0v) is 19.6. The minimum Gasteiger partial charge on any atom is -0.494 e. The Labute approximate surface area is 192 Å². The van der Waals surface area contributed by atoms with Crippen molar-refractivity contribution in [3.8, 4) is 5.75 Å². The molecule has 0 radical (unpaired) electrons. The summed E-state index contributed by atoms with van der Waals surface area (Å²) in [4.78, 5) is 5.11. The highest BCUT2D eigenvalue weighted by Crippen LogP contribution is 2.41. The summed E-state index contributed by atoms with van der Waals surface area (Å²) in [6.07, 6.45) is 17.7. The predicted octanol–water partition coefficient (Wildman–Crippen LogP) is 4.59. The van der Waals surface area contributed by atoms with E-state index in [1.54, 1.807) is 0 Å². The third-order valence-electron chi connectivity index (χ3n) is 7.09. The van der Waals surface area contributed by atoms with E-state index in [2.05, 4.69) is 77.0 Å². The molecule has 0 aromatic heterocycles. The second kappa shape index (κ2) is 9.50. The Morgan fingerprint density at radius 3 is 2.53 bits per heavy atom. The van der Waals surface area contributed by atoms with Crippen molar-refractivity contribution >= 4 is 17.0 Å².